The molecule has 0 aliphatic heterocycles. The molecule has 7 nitrogen and oxygen atoms in total. The number of carboxylic acids is 1. The first kappa shape index (κ1) is 21.0. The highest BCUT2D eigenvalue weighted by molar-refractivity contribution is 7.98. The Morgan fingerprint density at radius 3 is 2.66 bits per heavy atom. The molecule has 0 bridgehead atoms. The molecule has 29 heavy (non-hydrogen) atoms. The Balaban J connectivity index is 1.81. The summed E-state index contributed by atoms with van der Waals surface area (Å²) in [7, 11) is 0. The molecule has 0 unspecified atom stereocenters. The van der Waals surface area contributed by atoms with Crippen LogP contribution in [0.2, 0.25) is 0 Å². The number of thioether (sulfide) groups is 1. The van der Waals surface area contributed by atoms with Crippen molar-refractivity contribution in [3.63, 3.8) is 0 Å². The van der Waals surface area contributed by atoms with Crippen molar-refractivity contribution in [1.82, 2.24) is 5.32 Å². The number of aryl methyl sites for hydroxylation is 2. The summed E-state index contributed by atoms with van der Waals surface area (Å²) in [6, 6.07) is 2.70. The molecular formula is C21H23NO6S. The predicted molar refractivity (Wildman–Crippen MR) is 113 cm³/mol. The van der Waals surface area contributed by atoms with Gasteiger partial charge in [-0.3, -0.25) is 4.79 Å². The molecular weight excluding hydrogens is 394 g/mol. The van der Waals surface area contributed by atoms with Crippen LogP contribution in [0.25, 0.3) is 21.9 Å². The number of carbonyl (C=O) groups is 2. The number of amides is 1. The first-order valence-electron chi connectivity index (χ1n) is 9.27. The molecule has 1 aromatic carbocycles. The van der Waals surface area contributed by atoms with Crippen molar-refractivity contribution < 1.29 is 23.5 Å². The van der Waals surface area contributed by atoms with Crippen LogP contribution in [-0.4, -0.2) is 35.0 Å². The molecule has 0 spiro atoms. The number of hydrogen-bond acceptors (Lipinski definition) is 6. The molecule has 2 N–H and O–H groups in total. The molecule has 0 radical (unpaired) electrons. The number of rotatable bonds is 8. The highest BCUT2D eigenvalue weighted by atomic mass is 32.2. The molecule has 0 aliphatic carbocycles. The largest absolute Gasteiger partial charge is 0.480 e. The van der Waals surface area contributed by atoms with Gasteiger partial charge in [-0.25, -0.2) is 9.59 Å². The number of fused-ring (bicyclic) bond motifs is 2. The topological polar surface area (TPSA) is 110 Å². The van der Waals surface area contributed by atoms with Crippen LogP contribution in [0.1, 0.15) is 29.5 Å². The van der Waals surface area contributed by atoms with Gasteiger partial charge in [0, 0.05) is 28.8 Å². The monoisotopic (exact) mass is 417 g/mol. The van der Waals surface area contributed by atoms with Crippen molar-refractivity contribution in [2.24, 2.45) is 0 Å². The van der Waals surface area contributed by atoms with Gasteiger partial charge in [0.2, 0.25) is 5.91 Å². The molecule has 1 amide bonds. The Morgan fingerprint density at radius 1 is 1.21 bits per heavy atom. The third kappa shape index (κ3) is 4.48. The summed E-state index contributed by atoms with van der Waals surface area (Å²) in [5.74, 6) is -0.834. The van der Waals surface area contributed by atoms with E-state index >= 15 is 0 Å². The Hall–Kier alpha value is -2.74. The summed E-state index contributed by atoms with van der Waals surface area (Å²) < 4.78 is 10.9. The Bertz CT molecular complexity index is 1130. The fourth-order valence-corrected chi connectivity index (χ4v) is 3.80. The lowest BCUT2D eigenvalue weighted by Crippen LogP contribution is -2.41. The van der Waals surface area contributed by atoms with Gasteiger partial charge in [0.1, 0.15) is 17.2 Å². The SMILES string of the molecule is CSCC[C@H](NC(=O)CCc1c(C)c2cc3c(C)coc3cc2oc1=O)C(=O)O. The molecule has 0 saturated heterocycles. The number of nitrogens with one attached hydrogen (secondary N) is 1. The van der Waals surface area contributed by atoms with E-state index < -0.39 is 23.5 Å². The molecule has 1 atom stereocenters. The molecule has 3 aromatic rings. The number of hydrogen-bond donors (Lipinski definition) is 2. The van der Waals surface area contributed by atoms with Crippen molar-refractivity contribution in [2.75, 3.05) is 12.0 Å². The standard InChI is InChI=1S/C21H23NO6S/c1-11-10-27-17-9-18-15(8-14(11)17)12(2)13(21(26)28-18)4-5-19(23)22-16(20(24)25)6-7-29-3/h8-10,16H,4-7H2,1-3H3,(H,22,23)(H,24,25)/t16-/m0/s1. The molecule has 0 fully saturated rings. The second-order valence-corrected chi connectivity index (χ2v) is 7.98. The zero-order valence-electron chi connectivity index (χ0n) is 16.5. The van der Waals surface area contributed by atoms with Crippen LogP contribution in [0, 0.1) is 13.8 Å². The lowest BCUT2D eigenvalue weighted by atomic mass is 10.0. The van der Waals surface area contributed by atoms with Crippen LogP contribution in [0.15, 0.2) is 32.0 Å². The number of furan rings is 1. The number of carbonyl (C=O) groups excluding carboxylic acids is 1. The van der Waals surface area contributed by atoms with Crippen molar-refractivity contribution >= 4 is 45.6 Å². The van der Waals surface area contributed by atoms with Gasteiger partial charge in [0.05, 0.1) is 6.26 Å². The average molecular weight is 417 g/mol. The molecule has 3 rings (SSSR count). The van der Waals surface area contributed by atoms with E-state index in [-0.39, 0.29) is 12.8 Å². The zero-order chi connectivity index (χ0) is 21.1. The number of aliphatic carboxylic acids is 1. The van der Waals surface area contributed by atoms with E-state index in [1.54, 1.807) is 12.3 Å². The normalized spacial score (nSPS) is 12.4. The van der Waals surface area contributed by atoms with Crippen LogP contribution < -0.4 is 10.9 Å². The fourth-order valence-electron chi connectivity index (χ4n) is 3.32. The Labute approximate surface area is 171 Å². The summed E-state index contributed by atoms with van der Waals surface area (Å²) in [5.41, 5.74) is 2.74. The quantitative estimate of drug-likeness (QED) is 0.541. The second kappa shape index (κ2) is 8.73. The minimum Gasteiger partial charge on any atom is -0.480 e. The lowest BCUT2D eigenvalue weighted by molar-refractivity contribution is -0.141. The molecule has 0 aliphatic rings. The van der Waals surface area contributed by atoms with Crippen LogP contribution in [0.5, 0.6) is 0 Å². The average Bonchev–Trinajstić information content (AvgIpc) is 3.03. The molecule has 2 heterocycles. The van der Waals surface area contributed by atoms with Gasteiger partial charge < -0.3 is 19.3 Å². The highest BCUT2D eigenvalue weighted by Gasteiger charge is 2.20. The Morgan fingerprint density at radius 2 is 1.97 bits per heavy atom. The molecule has 8 heteroatoms. The smallest absolute Gasteiger partial charge is 0.339 e. The van der Waals surface area contributed by atoms with Gasteiger partial charge >= 0.3 is 11.6 Å². The van der Waals surface area contributed by atoms with E-state index in [9.17, 15) is 19.5 Å². The van der Waals surface area contributed by atoms with E-state index in [1.165, 1.54) is 11.8 Å². The van der Waals surface area contributed by atoms with E-state index in [1.807, 2.05) is 26.2 Å². The number of carboxylic acid groups (broad SMARTS) is 1. The maximum absolute atomic E-state index is 12.5. The van der Waals surface area contributed by atoms with E-state index in [4.69, 9.17) is 8.83 Å². The van der Waals surface area contributed by atoms with E-state index in [0.717, 1.165) is 21.9 Å². The number of benzene rings is 1. The highest BCUT2D eigenvalue weighted by Crippen LogP contribution is 2.29. The first-order valence-corrected chi connectivity index (χ1v) is 10.7. The van der Waals surface area contributed by atoms with Crippen molar-refractivity contribution in [3.8, 4) is 0 Å². The van der Waals surface area contributed by atoms with Gasteiger partial charge in [-0.2, -0.15) is 11.8 Å². The molecule has 2 aromatic heterocycles. The van der Waals surface area contributed by atoms with Crippen molar-refractivity contribution in [3.05, 3.63) is 45.5 Å². The van der Waals surface area contributed by atoms with Crippen LogP contribution >= 0.6 is 11.8 Å². The minimum atomic E-state index is -1.06. The van der Waals surface area contributed by atoms with Gasteiger partial charge in [-0.1, -0.05) is 0 Å². The van der Waals surface area contributed by atoms with Gasteiger partial charge in [-0.15, -0.1) is 0 Å². The second-order valence-electron chi connectivity index (χ2n) is 7.00. The van der Waals surface area contributed by atoms with Crippen LogP contribution in [0.3, 0.4) is 0 Å². The summed E-state index contributed by atoms with van der Waals surface area (Å²) in [6.07, 6.45) is 4.05. The third-order valence-corrected chi connectivity index (χ3v) is 5.66. The van der Waals surface area contributed by atoms with Crippen LogP contribution in [-0.2, 0) is 16.0 Å². The fraction of sp³-hybridized carbons (Fsp3) is 0.381. The zero-order valence-corrected chi connectivity index (χ0v) is 17.4. The third-order valence-electron chi connectivity index (χ3n) is 5.02. The predicted octanol–water partition coefficient (Wildman–Crippen LogP) is 3.41. The lowest BCUT2D eigenvalue weighted by Gasteiger charge is -2.14. The summed E-state index contributed by atoms with van der Waals surface area (Å²) in [5, 5.41) is 13.5. The van der Waals surface area contributed by atoms with Crippen molar-refractivity contribution in [2.45, 2.75) is 39.2 Å². The van der Waals surface area contributed by atoms with Crippen molar-refractivity contribution in [1.29, 1.82) is 0 Å². The summed E-state index contributed by atoms with van der Waals surface area (Å²) >= 11 is 1.52. The maximum Gasteiger partial charge on any atom is 0.339 e. The molecule has 0 saturated carbocycles. The van der Waals surface area contributed by atoms with E-state index in [2.05, 4.69) is 5.32 Å². The minimum absolute atomic E-state index is 0.00708. The maximum atomic E-state index is 12.5. The van der Waals surface area contributed by atoms with E-state index in [0.29, 0.717) is 28.9 Å². The first-order chi connectivity index (χ1) is 13.8. The van der Waals surface area contributed by atoms with Gasteiger partial charge in [-0.05, 0) is 55.9 Å². The summed E-state index contributed by atoms with van der Waals surface area (Å²) in [4.78, 5) is 36.0. The van der Waals surface area contributed by atoms with Gasteiger partial charge in [0.15, 0.2) is 0 Å². The summed E-state index contributed by atoms with van der Waals surface area (Å²) in [6.45, 7) is 3.76. The Kier molecular flexibility index (Phi) is 6.32. The molecule has 154 valence electrons. The van der Waals surface area contributed by atoms with Gasteiger partial charge in [0.25, 0.3) is 0 Å². The van der Waals surface area contributed by atoms with Crippen LogP contribution in [0.4, 0.5) is 0 Å².